The van der Waals surface area contributed by atoms with E-state index in [9.17, 15) is 4.79 Å². The number of nitrogens with one attached hydrogen (secondary N) is 1. The van der Waals surface area contributed by atoms with Crippen LogP contribution in [0.1, 0.15) is 22.8 Å². The van der Waals surface area contributed by atoms with Crippen molar-refractivity contribution in [2.45, 2.75) is 13.5 Å². The molecule has 0 aliphatic rings. The van der Waals surface area contributed by atoms with Gasteiger partial charge in [-0.3, -0.25) is 4.79 Å². The molecule has 6 heteroatoms. The molecular weight excluding hydrogens is 374 g/mol. The fourth-order valence-electron chi connectivity index (χ4n) is 3.07. The highest BCUT2D eigenvalue weighted by Gasteiger charge is 2.13. The van der Waals surface area contributed by atoms with E-state index >= 15 is 0 Å². The van der Waals surface area contributed by atoms with Crippen molar-refractivity contribution in [1.82, 2.24) is 15.2 Å². The highest BCUT2D eigenvalue weighted by molar-refractivity contribution is 5.94. The Labute approximate surface area is 175 Å². The molecule has 0 saturated carbocycles. The van der Waals surface area contributed by atoms with E-state index < -0.39 is 0 Å². The molecule has 1 N–H and O–H groups in total. The van der Waals surface area contributed by atoms with Gasteiger partial charge in [0.1, 0.15) is 0 Å². The molecular formula is C24H21N5O. The van der Waals surface area contributed by atoms with Crippen LogP contribution in [0.5, 0.6) is 0 Å². The van der Waals surface area contributed by atoms with E-state index in [2.05, 4.69) is 37.5 Å². The summed E-state index contributed by atoms with van der Waals surface area (Å²) in [6, 6.07) is 27.5. The van der Waals surface area contributed by atoms with E-state index in [1.165, 1.54) is 0 Å². The fraction of sp³-hybridized carbons (Fsp3) is 0.0833. The molecule has 30 heavy (non-hydrogen) atoms. The first-order valence-electron chi connectivity index (χ1n) is 9.63. The van der Waals surface area contributed by atoms with Gasteiger partial charge in [-0.05, 0) is 48.9 Å². The second-order valence-electron chi connectivity index (χ2n) is 6.80. The monoisotopic (exact) mass is 395 g/mol. The molecule has 0 unspecified atom stereocenters. The molecule has 0 atom stereocenters. The second-order valence-corrected chi connectivity index (χ2v) is 6.80. The summed E-state index contributed by atoms with van der Waals surface area (Å²) in [4.78, 5) is 18.2. The summed E-state index contributed by atoms with van der Waals surface area (Å²) in [6.07, 6.45) is 1.65. The normalized spacial score (nSPS) is 10.4. The van der Waals surface area contributed by atoms with Gasteiger partial charge in [-0.25, -0.2) is 0 Å². The van der Waals surface area contributed by atoms with Gasteiger partial charge in [-0.1, -0.05) is 48.5 Å². The van der Waals surface area contributed by atoms with Gasteiger partial charge in [-0.15, -0.1) is 5.10 Å². The van der Waals surface area contributed by atoms with Crippen molar-refractivity contribution in [3.63, 3.8) is 0 Å². The minimum Gasteiger partial charge on any atom is -0.323 e. The van der Waals surface area contributed by atoms with Gasteiger partial charge in [0.05, 0.1) is 6.20 Å². The molecule has 0 fully saturated rings. The van der Waals surface area contributed by atoms with Crippen LogP contribution in [0.3, 0.4) is 0 Å². The number of Topliss-reactive ketones (excluding diaryl/α,β-unsaturated/α-hetero) is 1. The highest BCUT2D eigenvalue weighted by atomic mass is 16.1. The molecule has 0 bridgehead atoms. The predicted molar refractivity (Wildman–Crippen MR) is 118 cm³/mol. The SMILES string of the molecule is CC(=O)c1ccc(Nc2nncc(N(Cc3ccccc3)c3ccccc3)n2)cc1. The highest BCUT2D eigenvalue weighted by Crippen LogP contribution is 2.26. The van der Waals surface area contributed by atoms with Gasteiger partial charge in [0.15, 0.2) is 11.6 Å². The van der Waals surface area contributed by atoms with Gasteiger partial charge < -0.3 is 10.2 Å². The van der Waals surface area contributed by atoms with Crippen molar-refractivity contribution >= 4 is 28.9 Å². The predicted octanol–water partition coefficient (Wildman–Crippen LogP) is 5.16. The van der Waals surface area contributed by atoms with Crippen LogP contribution >= 0.6 is 0 Å². The van der Waals surface area contributed by atoms with Crippen LogP contribution in [0.4, 0.5) is 23.1 Å². The van der Waals surface area contributed by atoms with Gasteiger partial charge in [0.25, 0.3) is 0 Å². The standard InChI is InChI=1S/C24H21N5O/c1-18(30)20-12-14-21(15-13-20)26-24-27-23(16-25-28-24)29(22-10-6-3-7-11-22)17-19-8-4-2-5-9-19/h2-16H,17H2,1H3,(H,26,27,28). The van der Waals surface area contributed by atoms with E-state index in [0.717, 1.165) is 16.9 Å². The molecule has 6 nitrogen and oxygen atoms in total. The van der Waals surface area contributed by atoms with E-state index in [-0.39, 0.29) is 5.78 Å². The summed E-state index contributed by atoms with van der Waals surface area (Å²) in [6.45, 7) is 2.19. The van der Waals surface area contributed by atoms with Crippen LogP contribution in [-0.4, -0.2) is 21.0 Å². The summed E-state index contributed by atoms with van der Waals surface area (Å²) < 4.78 is 0. The van der Waals surface area contributed by atoms with Crippen LogP contribution in [0.15, 0.2) is 91.1 Å². The molecule has 0 spiro atoms. The molecule has 0 aliphatic carbocycles. The number of aromatic nitrogens is 3. The van der Waals surface area contributed by atoms with Crippen molar-refractivity contribution in [2.24, 2.45) is 0 Å². The largest absolute Gasteiger partial charge is 0.323 e. The number of ketones is 1. The molecule has 0 saturated heterocycles. The van der Waals surface area contributed by atoms with Gasteiger partial charge >= 0.3 is 0 Å². The average molecular weight is 395 g/mol. The Morgan fingerprint density at radius 2 is 1.57 bits per heavy atom. The lowest BCUT2D eigenvalue weighted by Crippen LogP contribution is -2.18. The van der Waals surface area contributed by atoms with Gasteiger partial charge in [0, 0.05) is 23.5 Å². The number of hydrogen-bond donors (Lipinski definition) is 1. The number of hydrogen-bond acceptors (Lipinski definition) is 6. The van der Waals surface area contributed by atoms with Crippen molar-refractivity contribution in [2.75, 3.05) is 10.2 Å². The quantitative estimate of drug-likeness (QED) is 0.436. The van der Waals surface area contributed by atoms with E-state index in [4.69, 9.17) is 0 Å². The first-order chi connectivity index (χ1) is 14.7. The third-order valence-corrected chi connectivity index (χ3v) is 4.62. The summed E-state index contributed by atoms with van der Waals surface area (Å²) in [7, 11) is 0. The Morgan fingerprint density at radius 1 is 0.900 bits per heavy atom. The number of para-hydroxylation sites is 1. The lowest BCUT2D eigenvalue weighted by atomic mass is 10.1. The zero-order chi connectivity index (χ0) is 20.8. The minimum atomic E-state index is 0.0286. The van der Waals surface area contributed by atoms with E-state index in [1.807, 2.05) is 60.7 Å². The molecule has 3 aromatic carbocycles. The lowest BCUT2D eigenvalue weighted by Gasteiger charge is -2.24. The molecule has 4 aromatic rings. The van der Waals surface area contributed by atoms with Crippen molar-refractivity contribution in [1.29, 1.82) is 0 Å². The number of rotatable bonds is 7. The van der Waals surface area contributed by atoms with Crippen LogP contribution in [0.2, 0.25) is 0 Å². The Kier molecular flexibility index (Phi) is 5.75. The van der Waals surface area contributed by atoms with E-state index in [0.29, 0.717) is 23.9 Å². The van der Waals surface area contributed by atoms with Crippen LogP contribution < -0.4 is 10.2 Å². The lowest BCUT2D eigenvalue weighted by molar-refractivity contribution is 0.101. The van der Waals surface area contributed by atoms with Gasteiger partial charge in [-0.2, -0.15) is 10.1 Å². The topological polar surface area (TPSA) is 71.0 Å². The fourth-order valence-corrected chi connectivity index (χ4v) is 3.07. The zero-order valence-electron chi connectivity index (χ0n) is 16.6. The Hall–Kier alpha value is -4.06. The number of anilines is 4. The zero-order valence-corrected chi connectivity index (χ0v) is 16.6. The third kappa shape index (κ3) is 4.67. The smallest absolute Gasteiger partial charge is 0.249 e. The molecule has 148 valence electrons. The maximum atomic E-state index is 11.5. The molecule has 4 rings (SSSR count). The molecule has 0 amide bonds. The van der Waals surface area contributed by atoms with Crippen molar-refractivity contribution in [3.05, 3.63) is 102 Å². The molecule has 1 aromatic heterocycles. The summed E-state index contributed by atoms with van der Waals surface area (Å²) in [5.41, 5.74) is 3.62. The Balaban J connectivity index is 1.62. The first kappa shape index (κ1) is 19.3. The maximum Gasteiger partial charge on any atom is 0.249 e. The molecule has 0 aliphatic heterocycles. The number of carbonyl (C=O) groups is 1. The van der Waals surface area contributed by atoms with Crippen molar-refractivity contribution in [3.8, 4) is 0 Å². The Bertz CT molecular complexity index is 1120. The van der Waals surface area contributed by atoms with Crippen LogP contribution in [0.25, 0.3) is 0 Å². The van der Waals surface area contributed by atoms with Gasteiger partial charge in [0.2, 0.25) is 5.95 Å². The molecule has 0 radical (unpaired) electrons. The average Bonchev–Trinajstić information content (AvgIpc) is 2.79. The number of benzene rings is 3. The Morgan fingerprint density at radius 3 is 2.23 bits per heavy atom. The minimum absolute atomic E-state index is 0.0286. The molecule has 1 heterocycles. The van der Waals surface area contributed by atoms with Crippen LogP contribution in [-0.2, 0) is 6.54 Å². The first-order valence-corrected chi connectivity index (χ1v) is 9.63. The summed E-state index contributed by atoms with van der Waals surface area (Å²) in [5.74, 6) is 1.10. The third-order valence-electron chi connectivity index (χ3n) is 4.62. The number of nitrogens with zero attached hydrogens (tertiary/aromatic N) is 4. The maximum absolute atomic E-state index is 11.5. The van der Waals surface area contributed by atoms with Crippen LogP contribution in [0, 0.1) is 0 Å². The van der Waals surface area contributed by atoms with Crippen molar-refractivity contribution < 1.29 is 4.79 Å². The second kappa shape index (κ2) is 8.96. The summed E-state index contributed by atoms with van der Waals surface area (Å²) in [5, 5.41) is 11.4. The van der Waals surface area contributed by atoms with E-state index in [1.54, 1.807) is 25.3 Å². The number of carbonyl (C=O) groups excluding carboxylic acids is 1. The summed E-state index contributed by atoms with van der Waals surface area (Å²) >= 11 is 0.